The maximum atomic E-state index is 11.8. The van der Waals surface area contributed by atoms with Crippen LogP contribution in [0, 0.1) is 0 Å². The maximum Gasteiger partial charge on any atom is 0.224 e. The van der Waals surface area contributed by atoms with E-state index in [0.29, 0.717) is 13.0 Å². The summed E-state index contributed by atoms with van der Waals surface area (Å²) in [4.78, 5) is 14.6. The average Bonchev–Trinajstić information content (AvgIpc) is 2.37. The summed E-state index contributed by atoms with van der Waals surface area (Å²) < 4.78 is 5.34. The summed E-state index contributed by atoms with van der Waals surface area (Å²) in [5, 5.41) is 0. The Balaban J connectivity index is 2.74. The Labute approximate surface area is 119 Å². The molecule has 1 rings (SSSR count). The largest absolute Gasteiger partial charge is 0.496 e. The lowest BCUT2D eigenvalue weighted by Crippen LogP contribution is -2.31. The van der Waals surface area contributed by atoms with E-state index in [1.54, 1.807) is 30.8 Å². The number of nitrogens with two attached hydrogens (primary N) is 1. The van der Waals surface area contributed by atoms with Crippen LogP contribution in [0.3, 0.4) is 0 Å². The zero-order valence-electron chi connectivity index (χ0n) is 12.0. The molecule has 0 aliphatic heterocycles. The normalized spacial score (nSPS) is 12.1. The van der Waals surface area contributed by atoms with Crippen molar-refractivity contribution in [3.05, 3.63) is 23.8 Å². The summed E-state index contributed by atoms with van der Waals surface area (Å²) in [7, 11) is 3.45. The van der Waals surface area contributed by atoms with E-state index in [9.17, 15) is 4.79 Å². The lowest BCUT2D eigenvalue weighted by atomic mass is 10.2. The smallest absolute Gasteiger partial charge is 0.224 e. The molecule has 1 aromatic carbocycles. The third kappa shape index (κ3) is 4.76. The van der Waals surface area contributed by atoms with Crippen LogP contribution in [0.4, 0.5) is 0 Å². The zero-order chi connectivity index (χ0) is 14.4. The number of hydrogen-bond donors (Lipinski definition) is 1. The predicted molar refractivity (Wildman–Crippen MR) is 79.5 cm³/mol. The van der Waals surface area contributed by atoms with E-state index >= 15 is 0 Å². The van der Waals surface area contributed by atoms with Crippen molar-refractivity contribution in [1.82, 2.24) is 4.90 Å². The molecule has 1 aromatic rings. The van der Waals surface area contributed by atoms with Crippen LogP contribution in [0.1, 0.15) is 18.9 Å². The van der Waals surface area contributed by atoms with Crippen molar-refractivity contribution in [3.63, 3.8) is 0 Å². The van der Waals surface area contributed by atoms with Crippen LogP contribution in [-0.2, 0) is 11.3 Å². The summed E-state index contributed by atoms with van der Waals surface area (Å²) in [6.45, 7) is 2.40. The minimum absolute atomic E-state index is 0.0582. The quantitative estimate of drug-likeness (QED) is 0.812. The molecular weight excluding hydrogens is 260 g/mol. The van der Waals surface area contributed by atoms with Gasteiger partial charge in [-0.2, -0.15) is 0 Å². The monoisotopic (exact) mass is 282 g/mol. The second-order valence-electron chi connectivity index (χ2n) is 4.62. The van der Waals surface area contributed by atoms with Gasteiger partial charge >= 0.3 is 0 Å². The molecule has 0 heterocycles. The highest BCUT2D eigenvalue weighted by molar-refractivity contribution is 7.98. The molecule has 0 aliphatic rings. The molecule has 2 N–H and O–H groups in total. The summed E-state index contributed by atoms with van der Waals surface area (Å²) in [5.41, 5.74) is 6.69. The standard InChI is InChI=1S/C14H22N2O2S/c1-10(15)7-14(17)16(2)9-11-5-6-13(19-4)12(8-11)18-3/h5-6,8,10H,7,9,15H2,1-4H3. The minimum Gasteiger partial charge on any atom is -0.496 e. The molecule has 0 bridgehead atoms. The topological polar surface area (TPSA) is 55.6 Å². The third-order valence-electron chi connectivity index (χ3n) is 2.79. The highest BCUT2D eigenvalue weighted by atomic mass is 32.2. The Morgan fingerprint density at radius 3 is 2.74 bits per heavy atom. The molecule has 5 heteroatoms. The van der Waals surface area contributed by atoms with Crippen molar-refractivity contribution < 1.29 is 9.53 Å². The lowest BCUT2D eigenvalue weighted by Gasteiger charge is -2.19. The molecule has 4 nitrogen and oxygen atoms in total. The molecule has 1 unspecified atom stereocenters. The molecule has 0 saturated carbocycles. The van der Waals surface area contributed by atoms with Gasteiger partial charge in [0.1, 0.15) is 5.75 Å². The summed E-state index contributed by atoms with van der Waals surface area (Å²) in [6, 6.07) is 5.90. The molecule has 0 spiro atoms. The van der Waals surface area contributed by atoms with Gasteiger partial charge < -0.3 is 15.4 Å². The maximum absolute atomic E-state index is 11.8. The van der Waals surface area contributed by atoms with E-state index in [-0.39, 0.29) is 11.9 Å². The van der Waals surface area contributed by atoms with Crippen molar-refractivity contribution >= 4 is 17.7 Å². The van der Waals surface area contributed by atoms with E-state index in [2.05, 4.69) is 0 Å². The first kappa shape index (κ1) is 15.9. The number of thioether (sulfide) groups is 1. The summed E-state index contributed by atoms with van der Waals surface area (Å²) in [5.74, 6) is 0.904. The molecule has 0 radical (unpaired) electrons. The van der Waals surface area contributed by atoms with E-state index in [0.717, 1.165) is 16.2 Å². The first-order chi connectivity index (χ1) is 8.97. The summed E-state index contributed by atoms with van der Waals surface area (Å²) in [6.07, 6.45) is 2.38. The van der Waals surface area contributed by atoms with E-state index in [1.807, 2.05) is 31.4 Å². The highest BCUT2D eigenvalue weighted by Gasteiger charge is 2.12. The van der Waals surface area contributed by atoms with Gasteiger partial charge in [0.25, 0.3) is 0 Å². The van der Waals surface area contributed by atoms with Gasteiger partial charge in [0.15, 0.2) is 0 Å². The fourth-order valence-electron chi connectivity index (χ4n) is 1.77. The van der Waals surface area contributed by atoms with Gasteiger partial charge in [-0.1, -0.05) is 6.07 Å². The fourth-order valence-corrected chi connectivity index (χ4v) is 2.32. The number of methoxy groups -OCH3 is 1. The SMILES string of the molecule is COc1cc(CN(C)C(=O)CC(C)N)ccc1SC. The van der Waals surface area contributed by atoms with Crippen LogP contribution in [0.25, 0.3) is 0 Å². The van der Waals surface area contributed by atoms with Gasteiger partial charge in [-0.3, -0.25) is 4.79 Å². The number of ether oxygens (including phenoxy) is 1. The molecule has 0 saturated heterocycles. The Bertz CT molecular complexity index is 435. The molecule has 0 aliphatic carbocycles. The first-order valence-corrected chi connectivity index (χ1v) is 7.40. The van der Waals surface area contributed by atoms with Gasteiger partial charge in [0, 0.05) is 31.0 Å². The number of carbonyl (C=O) groups is 1. The molecule has 19 heavy (non-hydrogen) atoms. The number of rotatable bonds is 6. The van der Waals surface area contributed by atoms with Crippen LogP contribution in [0.15, 0.2) is 23.1 Å². The molecule has 1 atom stereocenters. The molecule has 106 valence electrons. The van der Waals surface area contributed by atoms with Crippen molar-refractivity contribution in [1.29, 1.82) is 0 Å². The predicted octanol–water partition coefficient (Wildman–Crippen LogP) is 2.11. The van der Waals surface area contributed by atoms with Crippen LogP contribution < -0.4 is 10.5 Å². The van der Waals surface area contributed by atoms with Crippen LogP contribution >= 0.6 is 11.8 Å². The van der Waals surface area contributed by atoms with Gasteiger partial charge in [-0.25, -0.2) is 0 Å². The van der Waals surface area contributed by atoms with Crippen molar-refractivity contribution in [2.24, 2.45) is 5.73 Å². The average molecular weight is 282 g/mol. The van der Waals surface area contributed by atoms with Crippen molar-refractivity contribution in [2.45, 2.75) is 30.8 Å². The molecule has 0 fully saturated rings. The van der Waals surface area contributed by atoms with Crippen molar-refractivity contribution in [2.75, 3.05) is 20.4 Å². The highest BCUT2D eigenvalue weighted by Crippen LogP contribution is 2.28. The van der Waals surface area contributed by atoms with Gasteiger partial charge in [0.2, 0.25) is 5.91 Å². The first-order valence-electron chi connectivity index (χ1n) is 6.18. The van der Waals surface area contributed by atoms with Crippen LogP contribution in [0.5, 0.6) is 5.75 Å². The molecular formula is C14H22N2O2S. The Morgan fingerprint density at radius 2 is 2.21 bits per heavy atom. The second kappa shape index (κ2) is 7.40. The van der Waals surface area contributed by atoms with Gasteiger partial charge in [0.05, 0.1) is 7.11 Å². The number of hydrogen-bond acceptors (Lipinski definition) is 4. The number of nitrogens with zero attached hydrogens (tertiary/aromatic N) is 1. The Morgan fingerprint density at radius 1 is 1.53 bits per heavy atom. The lowest BCUT2D eigenvalue weighted by molar-refractivity contribution is -0.130. The number of carbonyl (C=O) groups excluding carboxylic acids is 1. The van der Waals surface area contributed by atoms with Crippen molar-refractivity contribution in [3.8, 4) is 5.75 Å². The minimum atomic E-state index is -0.108. The van der Waals surface area contributed by atoms with Crippen LogP contribution in [0.2, 0.25) is 0 Å². The molecule has 0 aromatic heterocycles. The molecule has 1 amide bonds. The second-order valence-corrected chi connectivity index (χ2v) is 5.47. The number of benzene rings is 1. The summed E-state index contributed by atoms with van der Waals surface area (Å²) >= 11 is 1.64. The Kier molecular flexibility index (Phi) is 6.18. The zero-order valence-corrected chi connectivity index (χ0v) is 12.8. The third-order valence-corrected chi connectivity index (χ3v) is 3.57. The van der Waals surface area contributed by atoms with E-state index in [4.69, 9.17) is 10.5 Å². The van der Waals surface area contributed by atoms with Crippen LogP contribution in [-0.4, -0.2) is 37.3 Å². The Hall–Kier alpha value is -1.20. The fraction of sp³-hybridized carbons (Fsp3) is 0.500. The van der Waals surface area contributed by atoms with E-state index < -0.39 is 0 Å². The van der Waals surface area contributed by atoms with Gasteiger partial charge in [-0.15, -0.1) is 11.8 Å². The number of amides is 1. The van der Waals surface area contributed by atoms with Gasteiger partial charge in [-0.05, 0) is 30.9 Å². The van der Waals surface area contributed by atoms with E-state index in [1.165, 1.54) is 0 Å².